The molecule has 4 heteroatoms. The quantitative estimate of drug-likeness (QED) is 0.583. The van der Waals surface area contributed by atoms with Crippen LogP contribution < -0.4 is 0 Å². The molecule has 0 spiro atoms. The summed E-state index contributed by atoms with van der Waals surface area (Å²) < 4.78 is 21.3. The van der Waals surface area contributed by atoms with E-state index in [-0.39, 0.29) is 4.91 Å². The van der Waals surface area contributed by atoms with E-state index in [9.17, 15) is 8.42 Å². The van der Waals surface area contributed by atoms with Gasteiger partial charge in [0.15, 0.2) is 0 Å². The minimum Gasteiger partial charge on any atom is -0.207 e. The zero-order valence-corrected chi connectivity index (χ0v) is 7.88. The van der Waals surface area contributed by atoms with E-state index < -0.39 is 14.5 Å². The van der Waals surface area contributed by atoms with Crippen molar-refractivity contribution in [3.05, 3.63) is 11.5 Å². The minimum absolute atomic E-state index is 0.0571. The van der Waals surface area contributed by atoms with E-state index in [4.69, 9.17) is 10.7 Å². The Morgan fingerprint density at radius 2 is 1.70 bits per heavy atom. The highest BCUT2D eigenvalue weighted by Crippen LogP contribution is 2.29. The van der Waals surface area contributed by atoms with Gasteiger partial charge in [0.2, 0.25) is 0 Å². The fraction of sp³-hybridized carbons (Fsp3) is 0.667. The normalized spacial score (nSPS) is 13.2. The number of hydrogen-bond acceptors (Lipinski definition) is 2. The number of rotatable bonds is 1. The highest BCUT2D eigenvalue weighted by Gasteiger charge is 2.24. The first-order chi connectivity index (χ1) is 4.15. The fourth-order valence-corrected chi connectivity index (χ4v) is 1.79. The van der Waals surface area contributed by atoms with Crippen LogP contribution in [0.1, 0.15) is 20.8 Å². The van der Waals surface area contributed by atoms with E-state index in [2.05, 4.69) is 6.58 Å². The topological polar surface area (TPSA) is 34.1 Å². The summed E-state index contributed by atoms with van der Waals surface area (Å²) in [6.45, 7) is 8.61. The average Bonchev–Trinajstić information content (AvgIpc) is 1.59. The first-order valence-corrected chi connectivity index (χ1v) is 5.10. The van der Waals surface area contributed by atoms with Crippen molar-refractivity contribution in [1.29, 1.82) is 0 Å². The van der Waals surface area contributed by atoms with Crippen LogP contribution in [0.3, 0.4) is 0 Å². The predicted molar refractivity (Wildman–Crippen MR) is 43.4 cm³/mol. The molecule has 0 rings (SSSR count). The Kier molecular flexibility index (Phi) is 2.54. The lowest BCUT2D eigenvalue weighted by molar-refractivity contribution is 0.519. The van der Waals surface area contributed by atoms with Gasteiger partial charge in [-0.2, -0.15) is 0 Å². The Labute approximate surface area is 66.3 Å². The van der Waals surface area contributed by atoms with Gasteiger partial charge < -0.3 is 0 Å². The molecule has 0 unspecified atom stereocenters. The second-order valence-electron chi connectivity index (χ2n) is 3.11. The summed E-state index contributed by atoms with van der Waals surface area (Å²) in [5.41, 5.74) is -0.472. The van der Waals surface area contributed by atoms with Crippen LogP contribution in [0.25, 0.3) is 0 Å². The van der Waals surface area contributed by atoms with Gasteiger partial charge >= 0.3 is 0 Å². The number of hydrogen-bond donors (Lipinski definition) is 0. The molecule has 0 aromatic heterocycles. The Morgan fingerprint density at radius 3 is 1.70 bits per heavy atom. The third kappa shape index (κ3) is 2.71. The number of halogens is 1. The van der Waals surface area contributed by atoms with Crippen LogP contribution in [0, 0.1) is 5.41 Å². The molecule has 0 saturated carbocycles. The van der Waals surface area contributed by atoms with Crippen molar-refractivity contribution in [2.45, 2.75) is 20.8 Å². The lowest BCUT2D eigenvalue weighted by atomic mass is 9.97. The van der Waals surface area contributed by atoms with Gasteiger partial charge in [0.05, 0.1) is 4.91 Å². The van der Waals surface area contributed by atoms with E-state index >= 15 is 0 Å². The molecule has 2 nitrogen and oxygen atoms in total. The Balaban J connectivity index is 4.75. The van der Waals surface area contributed by atoms with E-state index in [0.717, 1.165) is 0 Å². The van der Waals surface area contributed by atoms with Crippen molar-refractivity contribution < 1.29 is 8.42 Å². The molecule has 0 saturated heterocycles. The molecule has 0 N–H and O–H groups in total. The highest BCUT2D eigenvalue weighted by atomic mass is 35.7. The summed E-state index contributed by atoms with van der Waals surface area (Å²) in [4.78, 5) is 0.0571. The summed E-state index contributed by atoms with van der Waals surface area (Å²) in [7, 11) is 1.46. The largest absolute Gasteiger partial charge is 0.257 e. The first kappa shape index (κ1) is 9.98. The van der Waals surface area contributed by atoms with Crippen molar-refractivity contribution in [2.24, 2.45) is 5.41 Å². The van der Waals surface area contributed by atoms with Crippen LogP contribution in [0.15, 0.2) is 11.5 Å². The molecule has 60 valence electrons. The first-order valence-electron chi connectivity index (χ1n) is 2.80. The summed E-state index contributed by atoms with van der Waals surface area (Å²) in [6, 6.07) is 0. The zero-order valence-electron chi connectivity index (χ0n) is 6.31. The smallest absolute Gasteiger partial charge is 0.207 e. The summed E-state index contributed by atoms with van der Waals surface area (Å²) in [6.07, 6.45) is 0. The van der Waals surface area contributed by atoms with Crippen LogP contribution in [-0.2, 0) is 9.05 Å². The second-order valence-corrected chi connectivity index (χ2v) is 5.70. The lowest BCUT2D eigenvalue weighted by Crippen LogP contribution is -2.13. The molecular formula is C6H11ClO2S. The van der Waals surface area contributed by atoms with E-state index in [0.29, 0.717) is 0 Å². The summed E-state index contributed by atoms with van der Waals surface area (Å²) in [5.74, 6) is 0. The van der Waals surface area contributed by atoms with Gasteiger partial charge in [0.1, 0.15) is 0 Å². The van der Waals surface area contributed by atoms with E-state index in [1.165, 1.54) is 0 Å². The maximum Gasteiger partial charge on any atom is 0.257 e. The molecule has 0 heterocycles. The standard InChI is InChI=1S/C6H11ClO2S/c1-5(6(2,3)4)10(7,8)9/h1H2,2-4H3. The van der Waals surface area contributed by atoms with E-state index in [1.54, 1.807) is 20.8 Å². The van der Waals surface area contributed by atoms with Gasteiger partial charge in [-0.15, -0.1) is 0 Å². The van der Waals surface area contributed by atoms with Crippen molar-refractivity contribution in [3.8, 4) is 0 Å². The molecule has 0 aromatic rings. The monoisotopic (exact) mass is 182 g/mol. The Bertz CT molecular complexity index is 233. The molecule has 0 amide bonds. The molecule has 0 aliphatic carbocycles. The summed E-state index contributed by atoms with van der Waals surface area (Å²) >= 11 is 0. The molecule has 0 aliphatic rings. The van der Waals surface area contributed by atoms with Crippen LogP contribution >= 0.6 is 10.7 Å². The summed E-state index contributed by atoms with van der Waals surface area (Å²) in [5, 5.41) is 0. The molecule has 0 aromatic carbocycles. The highest BCUT2D eigenvalue weighted by molar-refractivity contribution is 8.16. The SMILES string of the molecule is C=C(C(C)(C)C)S(=O)(=O)Cl. The Hall–Kier alpha value is -0.0200. The second kappa shape index (κ2) is 2.55. The maximum atomic E-state index is 10.6. The fourth-order valence-electron chi connectivity index (χ4n) is 0.366. The molecule has 0 radical (unpaired) electrons. The molecule has 0 bridgehead atoms. The van der Waals surface area contributed by atoms with Gasteiger partial charge in [-0.3, -0.25) is 0 Å². The lowest BCUT2D eigenvalue weighted by Gasteiger charge is -2.17. The molecule has 0 fully saturated rings. The van der Waals surface area contributed by atoms with Crippen LogP contribution in [0.4, 0.5) is 0 Å². The maximum absolute atomic E-state index is 10.6. The van der Waals surface area contributed by atoms with Crippen molar-refractivity contribution in [1.82, 2.24) is 0 Å². The third-order valence-electron chi connectivity index (χ3n) is 1.13. The predicted octanol–water partition coefficient (Wildman–Crippen LogP) is 2.11. The Morgan fingerprint density at radius 1 is 1.40 bits per heavy atom. The van der Waals surface area contributed by atoms with Crippen LogP contribution in [0.5, 0.6) is 0 Å². The van der Waals surface area contributed by atoms with Crippen LogP contribution in [0.2, 0.25) is 0 Å². The van der Waals surface area contributed by atoms with Gasteiger partial charge in [-0.05, 0) is 5.41 Å². The third-order valence-corrected chi connectivity index (χ3v) is 2.89. The van der Waals surface area contributed by atoms with Crippen LogP contribution in [-0.4, -0.2) is 8.42 Å². The van der Waals surface area contributed by atoms with Crippen molar-refractivity contribution >= 4 is 19.7 Å². The molecule has 10 heavy (non-hydrogen) atoms. The molecular weight excluding hydrogens is 172 g/mol. The van der Waals surface area contributed by atoms with Crippen molar-refractivity contribution in [2.75, 3.05) is 0 Å². The van der Waals surface area contributed by atoms with Gasteiger partial charge in [0, 0.05) is 10.7 Å². The van der Waals surface area contributed by atoms with Gasteiger partial charge in [-0.1, -0.05) is 27.4 Å². The van der Waals surface area contributed by atoms with Crippen molar-refractivity contribution in [3.63, 3.8) is 0 Å². The minimum atomic E-state index is -3.58. The number of allylic oxidation sites excluding steroid dienone is 1. The molecule has 0 aliphatic heterocycles. The average molecular weight is 183 g/mol. The zero-order chi connectivity index (χ0) is 8.58. The van der Waals surface area contributed by atoms with E-state index in [1.807, 2.05) is 0 Å². The molecule has 0 atom stereocenters. The van der Waals surface area contributed by atoms with Gasteiger partial charge in [0.25, 0.3) is 9.05 Å². The van der Waals surface area contributed by atoms with Gasteiger partial charge in [-0.25, -0.2) is 8.42 Å².